The number of aromatic amines is 1. The molecule has 29 heavy (non-hydrogen) atoms. The molecule has 0 amide bonds. The highest BCUT2D eigenvalue weighted by Gasteiger charge is 2.24. The third-order valence-corrected chi connectivity index (χ3v) is 5.00. The summed E-state index contributed by atoms with van der Waals surface area (Å²) in [4.78, 5) is 24.2. The molecule has 3 aromatic rings. The summed E-state index contributed by atoms with van der Waals surface area (Å²) < 4.78 is 24.2. The molecule has 1 aromatic carbocycles. The van der Waals surface area contributed by atoms with Gasteiger partial charge in [0, 0.05) is 30.3 Å². The topological polar surface area (TPSA) is 89.1 Å². The SMILES string of the molecule is COCC(=O)C1CC(c2cc3c(-c4cc(F)ccc4OC)ncnc3[nH]2)=CCN1. The van der Waals surface area contributed by atoms with Crippen LogP contribution in [0.2, 0.25) is 0 Å². The molecule has 150 valence electrons. The molecule has 1 aliphatic heterocycles. The molecule has 8 heteroatoms. The predicted molar refractivity (Wildman–Crippen MR) is 107 cm³/mol. The number of Topliss-reactive ketones (excluding diaryl/α,β-unsaturated/α-hetero) is 1. The summed E-state index contributed by atoms with van der Waals surface area (Å²) in [5.74, 6) is 0.170. The number of carbonyl (C=O) groups excluding carboxylic acids is 1. The number of aromatic nitrogens is 3. The number of carbonyl (C=O) groups is 1. The van der Waals surface area contributed by atoms with E-state index in [0.717, 1.165) is 16.7 Å². The van der Waals surface area contributed by atoms with Crippen molar-refractivity contribution in [2.24, 2.45) is 0 Å². The molecule has 2 N–H and O–H groups in total. The van der Waals surface area contributed by atoms with Gasteiger partial charge >= 0.3 is 0 Å². The van der Waals surface area contributed by atoms with Gasteiger partial charge in [0.25, 0.3) is 0 Å². The summed E-state index contributed by atoms with van der Waals surface area (Å²) in [6, 6.07) is 5.96. The Morgan fingerprint density at radius 1 is 1.28 bits per heavy atom. The molecule has 0 spiro atoms. The van der Waals surface area contributed by atoms with Crippen LogP contribution in [0, 0.1) is 5.82 Å². The number of ether oxygens (including phenoxy) is 2. The van der Waals surface area contributed by atoms with Gasteiger partial charge in [-0.05, 0) is 36.3 Å². The number of H-pyrrole nitrogens is 1. The van der Waals surface area contributed by atoms with Crippen LogP contribution >= 0.6 is 0 Å². The number of methoxy groups -OCH3 is 2. The van der Waals surface area contributed by atoms with Crippen molar-refractivity contribution in [3.8, 4) is 17.0 Å². The quantitative estimate of drug-likeness (QED) is 0.666. The molecule has 1 aliphatic rings. The van der Waals surface area contributed by atoms with E-state index in [0.29, 0.717) is 35.6 Å². The van der Waals surface area contributed by atoms with E-state index < -0.39 is 0 Å². The lowest BCUT2D eigenvalue weighted by Crippen LogP contribution is -2.41. The molecular formula is C21H21FN4O3. The molecule has 0 fully saturated rings. The van der Waals surface area contributed by atoms with Gasteiger partial charge in [0.05, 0.1) is 18.8 Å². The number of hydrogen-bond acceptors (Lipinski definition) is 6. The number of nitrogens with zero attached hydrogens (tertiary/aromatic N) is 2. The molecule has 0 saturated carbocycles. The van der Waals surface area contributed by atoms with Gasteiger partial charge in [-0.25, -0.2) is 14.4 Å². The van der Waals surface area contributed by atoms with Crippen LogP contribution in [0.15, 0.2) is 36.7 Å². The van der Waals surface area contributed by atoms with Gasteiger partial charge in [0.15, 0.2) is 5.78 Å². The van der Waals surface area contributed by atoms with Crippen molar-refractivity contribution >= 4 is 22.4 Å². The standard InChI is InChI=1S/C21H21FN4O3/c1-28-10-18(27)17-7-12(5-6-23-17)16-9-15-20(24-11-25-21(15)26-16)14-8-13(22)3-4-19(14)29-2/h3-5,8-9,11,17,23H,6-7,10H2,1-2H3,(H,24,25,26). The summed E-state index contributed by atoms with van der Waals surface area (Å²) in [5, 5.41) is 3.94. The Morgan fingerprint density at radius 3 is 2.93 bits per heavy atom. The number of hydrogen-bond donors (Lipinski definition) is 2. The van der Waals surface area contributed by atoms with Gasteiger partial charge in [0.2, 0.25) is 0 Å². The van der Waals surface area contributed by atoms with Crippen molar-refractivity contribution in [3.05, 3.63) is 48.2 Å². The van der Waals surface area contributed by atoms with Crippen LogP contribution in [0.1, 0.15) is 12.1 Å². The van der Waals surface area contributed by atoms with Gasteiger partial charge in [-0.1, -0.05) is 6.08 Å². The maximum absolute atomic E-state index is 13.9. The zero-order chi connectivity index (χ0) is 20.4. The molecular weight excluding hydrogens is 375 g/mol. The average molecular weight is 396 g/mol. The maximum atomic E-state index is 13.9. The van der Waals surface area contributed by atoms with E-state index in [1.54, 1.807) is 6.07 Å². The minimum absolute atomic E-state index is 0.0131. The molecule has 0 bridgehead atoms. The first-order valence-electron chi connectivity index (χ1n) is 9.22. The Bertz CT molecular complexity index is 1090. The molecule has 3 heterocycles. The van der Waals surface area contributed by atoms with Crippen molar-refractivity contribution in [1.82, 2.24) is 20.3 Å². The maximum Gasteiger partial charge on any atom is 0.175 e. The van der Waals surface area contributed by atoms with Crippen molar-refractivity contribution in [2.75, 3.05) is 27.4 Å². The Morgan fingerprint density at radius 2 is 2.14 bits per heavy atom. The lowest BCUT2D eigenvalue weighted by molar-refractivity contribution is -0.124. The predicted octanol–water partition coefficient (Wildman–Crippen LogP) is 2.73. The Balaban J connectivity index is 1.73. The van der Waals surface area contributed by atoms with Crippen molar-refractivity contribution in [3.63, 3.8) is 0 Å². The first-order valence-corrected chi connectivity index (χ1v) is 9.22. The van der Waals surface area contributed by atoms with E-state index in [1.807, 2.05) is 12.1 Å². The molecule has 4 rings (SSSR count). The number of nitrogens with one attached hydrogen (secondary N) is 2. The van der Waals surface area contributed by atoms with Crippen LogP contribution in [-0.2, 0) is 9.53 Å². The van der Waals surface area contributed by atoms with Crippen LogP contribution in [-0.4, -0.2) is 54.1 Å². The summed E-state index contributed by atoms with van der Waals surface area (Å²) >= 11 is 0. The normalized spacial score (nSPS) is 16.7. The Labute approximate surface area is 167 Å². The van der Waals surface area contributed by atoms with Gasteiger partial charge in [-0.2, -0.15) is 0 Å². The second-order valence-electron chi connectivity index (χ2n) is 6.81. The minimum Gasteiger partial charge on any atom is -0.496 e. The number of benzene rings is 1. The molecule has 0 aliphatic carbocycles. The van der Waals surface area contributed by atoms with E-state index in [-0.39, 0.29) is 24.2 Å². The third-order valence-electron chi connectivity index (χ3n) is 5.00. The fourth-order valence-electron chi connectivity index (χ4n) is 3.58. The van der Waals surface area contributed by atoms with Gasteiger partial charge in [-0.15, -0.1) is 0 Å². The minimum atomic E-state index is -0.371. The first kappa shape index (κ1) is 19.2. The van der Waals surface area contributed by atoms with Crippen molar-refractivity contribution in [2.45, 2.75) is 12.5 Å². The van der Waals surface area contributed by atoms with Gasteiger partial charge < -0.3 is 19.8 Å². The van der Waals surface area contributed by atoms with Crippen LogP contribution in [0.3, 0.4) is 0 Å². The van der Waals surface area contributed by atoms with E-state index in [4.69, 9.17) is 9.47 Å². The summed E-state index contributed by atoms with van der Waals surface area (Å²) in [7, 11) is 3.05. The first-order chi connectivity index (χ1) is 14.1. The highest BCUT2D eigenvalue weighted by Crippen LogP contribution is 2.35. The Hall–Kier alpha value is -3.10. The molecule has 1 atom stereocenters. The highest BCUT2D eigenvalue weighted by atomic mass is 19.1. The van der Waals surface area contributed by atoms with Crippen LogP contribution in [0.5, 0.6) is 5.75 Å². The fraction of sp³-hybridized carbons (Fsp3) is 0.286. The van der Waals surface area contributed by atoms with Crippen LogP contribution < -0.4 is 10.1 Å². The monoisotopic (exact) mass is 396 g/mol. The number of rotatable bonds is 6. The zero-order valence-corrected chi connectivity index (χ0v) is 16.2. The number of halogens is 1. The van der Waals surface area contributed by atoms with Gasteiger partial charge in [0.1, 0.15) is 30.1 Å². The summed E-state index contributed by atoms with van der Waals surface area (Å²) in [6.07, 6.45) is 4.02. The summed E-state index contributed by atoms with van der Waals surface area (Å²) in [6.45, 7) is 0.660. The van der Waals surface area contributed by atoms with Crippen LogP contribution in [0.25, 0.3) is 27.9 Å². The molecule has 1 unspecified atom stereocenters. The molecule has 0 radical (unpaired) electrons. The third kappa shape index (κ3) is 3.76. The molecule has 7 nitrogen and oxygen atoms in total. The van der Waals surface area contributed by atoms with E-state index >= 15 is 0 Å². The average Bonchev–Trinajstić information content (AvgIpc) is 3.18. The lowest BCUT2D eigenvalue weighted by atomic mass is 9.96. The van der Waals surface area contributed by atoms with Crippen molar-refractivity contribution in [1.29, 1.82) is 0 Å². The number of ketones is 1. The Kier molecular flexibility index (Phi) is 5.37. The second-order valence-corrected chi connectivity index (χ2v) is 6.81. The molecule has 2 aromatic heterocycles. The zero-order valence-electron chi connectivity index (χ0n) is 16.2. The van der Waals surface area contributed by atoms with Crippen LogP contribution in [0.4, 0.5) is 4.39 Å². The largest absolute Gasteiger partial charge is 0.496 e. The van der Waals surface area contributed by atoms with E-state index in [2.05, 4.69) is 20.3 Å². The summed E-state index contributed by atoms with van der Waals surface area (Å²) in [5.41, 5.74) is 3.63. The highest BCUT2D eigenvalue weighted by molar-refractivity contribution is 5.95. The smallest absolute Gasteiger partial charge is 0.175 e. The van der Waals surface area contributed by atoms with Gasteiger partial charge in [-0.3, -0.25) is 4.79 Å². The van der Waals surface area contributed by atoms with E-state index in [9.17, 15) is 9.18 Å². The molecule has 0 saturated heterocycles. The lowest BCUT2D eigenvalue weighted by Gasteiger charge is -2.22. The number of fused-ring (bicyclic) bond motifs is 1. The second kappa shape index (κ2) is 8.10. The van der Waals surface area contributed by atoms with E-state index in [1.165, 1.54) is 32.7 Å². The fourth-order valence-corrected chi connectivity index (χ4v) is 3.58. The van der Waals surface area contributed by atoms with Crippen molar-refractivity contribution < 1.29 is 18.7 Å².